The van der Waals surface area contributed by atoms with Gasteiger partial charge in [0.1, 0.15) is 11.6 Å². The molecule has 0 radical (unpaired) electrons. The van der Waals surface area contributed by atoms with E-state index < -0.39 is 5.97 Å². The minimum absolute atomic E-state index is 0.185. The number of carbonyl (C=O) groups is 1. The second-order valence-corrected chi connectivity index (χ2v) is 7.86. The van der Waals surface area contributed by atoms with Crippen LogP contribution in [0.15, 0.2) is 0 Å². The number of rotatable bonds is 6. The van der Waals surface area contributed by atoms with Crippen molar-refractivity contribution in [1.29, 1.82) is 0 Å². The Morgan fingerprint density at radius 2 is 2.17 bits per heavy atom. The molecule has 6 heteroatoms. The number of nitrogens with zero attached hydrogens (tertiary/aromatic N) is 2. The van der Waals surface area contributed by atoms with Gasteiger partial charge in [-0.25, -0.2) is 9.78 Å². The van der Waals surface area contributed by atoms with Crippen molar-refractivity contribution in [1.82, 2.24) is 9.88 Å². The van der Waals surface area contributed by atoms with Gasteiger partial charge in [0, 0.05) is 11.4 Å². The molecule has 2 aliphatic rings. The molecule has 2 heterocycles. The Kier molecular flexibility index (Phi) is 6.02. The Morgan fingerprint density at radius 1 is 1.30 bits per heavy atom. The molecule has 0 aromatic carbocycles. The third-order valence-corrected chi connectivity index (χ3v) is 5.82. The van der Waals surface area contributed by atoms with Crippen LogP contribution in [0, 0.1) is 5.92 Å². The van der Waals surface area contributed by atoms with Gasteiger partial charge in [0.2, 0.25) is 0 Å². The molecular formula is C17H26N2O3S. The van der Waals surface area contributed by atoms with E-state index in [0.29, 0.717) is 12.5 Å². The Balaban J connectivity index is 1.50. The fraction of sp³-hybridized carbons (Fsp3) is 0.765. The fourth-order valence-corrected chi connectivity index (χ4v) is 4.78. The van der Waals surface area contributed by atoms with Gasteiger partial charge >= 0.3 is 5.97 Å². The van der Waals surface area contributed by atoms with Gasteiger partial charge in [0.15, 0.2) is 0 Å². The number of hydrogen-bond acceptors (Lipinski definition) is 5. The van der Waals surface area contributed by atoms with Gasteiger partial charge in [0.05, 0.1) is 18.8 Å². The van der Waals surface area contributed by atoms with Crippen LogP contribution in [-0.2, 0) is 28.9 Å². The predicted octanol–water partition coefficient (Wildman–Crippen LogP) is 2.73. The van der Waals surface area contributed by atoms with Crippen LogP contribution in [0.1, 0.15) is 47.7 Å². The second kappa shape index (κ2) is 8.22. The standard InChI is InChI=1S/C17H26N2O3S/c20-17(21)12-22-11-13-5-4-8-19(9-13)10-16-18-14-6-2-1-3-7-15(14)23-16/h13H,1-12H2,(H,20,21). The summed E-state index contributed by atoms with van der Waals surface area (Å²) in [5.41, 5.74) is 1.35. The van der Waals surface area contributed by atoms with E-state index in [4.69, 9.17) is 14.8 Å². The molecule has 1 aromatic heterocycles. The molecule has 1 fully saturated rings. The summed E-state index contributed by atoms with van der Waals surface area (Å²) in [6.45, 7) is 3.41. The predicted molar refractivity (Wildman–Crippen MR) is 89.8 cm³/mol. The van der Waals surface area contributed by atoms with Crippen molar-refractivity contribution in [2.45, 2.75) is 51.5 Å². The highest BCUT2D eigenvalue weighted by Crippen LogP contribution is 2.28. The number of fused-ring (bicyclic) bond motifs is 1. The fourth-order valence-electron chi connectivity index (χ4n) is 3.58. The number of ether oxygens (including phenoxy) is 1. The molecule has 3 rings (SSSR count). The van der Waals surface area contributed by atoms with Crippen molar-refractivity contribution in [2.24, 2.45) is 5.92 Å². The maximum absolute atomic E-state index is 10.5. The van der Waals surface area contributed by atoms with E-state index in [0.717, 1.165) is 38.9 Å². The number of likely N-dealkylation sites (tertiary alicyclic amines) is 1. The Hall–Kier alpha value is -0.980. The lowest BCUT2D eigenvalue weighted by Crippen LogP contribution is -2.37. The van der Waals surface area contributed by atoms with Gasteiger partial charge < -0.3 is 9.84 Å². The summed E-state index contributed by atoms with van der Waals surface area (Å²) in [6.07, 6.45) is 8.57. The Labute approximate surface area is 141 Å². The highest BCUT2D eigenvalue weighted by Gasteiger charge is 2.22. The summed E-state index contributed by atoms with van der Waals surface area (Å²) in [7, 11) is 0. The molecule has 0 amide bonds. The normalized spacial score (nSPS) is 22.5. The monoisotopic (exact) mass is 338 g/mol. The van der Waals surface area contributed by atoms with Crippen LogP contribution in [0.2, 0.25) is 0 Å². The molecule has 1 aliphatic carbocycles. The molecule has 0 spiro atoms. The van der Waals surface area contributed by atoms with E-state index in [9.17, 15) is 4.79 Å². The number of thiazole rings is 1. The molecule has 0 bridgehead atoms. The van der Waals surface area contributed by atoms with Crippen molar-refractivity contribution in [3.8, 4) is 0 Å². The zero-order valence-corrected chi connectivity index (χ0v) is 14.4. The SMILES string of the molecule is O=C(O)COCC1CCCN(Cc2nc3c(s2)CCCCC3)C1. The molecule has 23 heavy (non-hydrogen) atoms. The summed E-state index contributed by atoms with van der Waals surface area (Å²) < 4.78 is 5.27. The van der Waals surface area contributed by atoms with E-state index in [1.165, 1.54) is 41.3 Å². The molecule has 1 unspecified atom stereocenters. The van der Waals surface area contributed by atoms with Gasteiger partial charge in [-0.05, 0) is 51.0 Å². The molecule has 5 nitrogen and oxygen atoms in total. The van der Waals surface area contributed by atoms with Crippen LogP contribution in [0.25, 0.3) is 0 Å². The van der Waals surface area contributed by atoms with Crippen LogP contribution in [0.4, 0.5) is 0 Å². The molecule has 128 valence electrons. The van der Waals surface area contributed by atoms with Crippen LogP contribution in [0.3, 0.4) is 0 Å². The first kappa shape index (κ1) is 16.9. The first-order valence-electron chi connectivity index (χ1n) is 8.70. The van der Waals surface area contributed by atoms with Crippen LogP contribution >= 0.6 is 11.3 Å². The third kappa shape index (κ3) is 4.99. The van der Waals surface area contributed by atoms with Gasteiger partial charge in [-0.3, -0.25) is 4.90 Å². The topological polar surface area (TPSA) is 62.7 Å². The number of aryl methyl sites for hydroxylation is 2. The van der Waals surface area contributed by atoms with Crippen LogP contribution < -0.4 is 0 Å². The van der Waals surface area contributed by atoms with E-state index in [1.54, 1.807) is 0 Å². The molecule has 1 N–H and O–H groups in total. The molecule has 0 saturated carbocycles. The van der Waals surface area contributed by atoms with Crippen LogP contribution in [-0.4, -0.2) is 47.3 Å². The lowest BCUT2D eigenvalue weighted by molar-refractivity contribution is -0.142. The van der Waals surface area contributed by atoms with Crippen molar-refractivity contribution < 1.29 is 14.6 Å². The smallest absolute Gasteiger partial charge is 0.329 e. The van der Waals surface area contributed by atoms with E-state index >= 15 is 0 Å². The summed E-state index contributed by atoms with van der Waals surface area (Å²) in [4.78, 5) is 19.4. The van der Waals surface area contributed by atoms with E-state index in [2.05, 4.69) is 4.90 Å². The van der Waals surface area contributed by atoms with Crippen molar-refractivity contribution in [3.05, 3.63) is 15.6 Å². The minimum atomic E-state index is -0.887. The summed E-state index contributed by atoms with van der Waals surface area (Å²) >= 11 is 1.90. The average Bonchev–Trinajstić information content (AvgIpc) is 2.76. The number of carboxylic acids is 1. The first-order chi connectivity index (χ1) is 11.2. The summed E-state index contributed by atoms with van der Waals surface area (Å²) in [5, 5.41) is 9.90. The molecule has 1 aliphatic heterocycles. The summed E-state index contributed by atoms with van der Waals surface area (Å²) in [6, 6.07) is 0. The Morgan fingerprint density at radius 3 is 3.04 bits per heavy atom. The van der Waals surface area contributed by atoms with Gasteiger partial charge in [0.25, 0.3) is 0 Å². The largest absolute Gasteiger partial charge is 0.480 e. The second-order valence-electron chi connectivity index (χ2n) is 6.69. The molecule has 1 aromatic rings. The maximum Gasteiger partial charge on any atom is 0.329 e. The lowest BCUT2D eigenvalue weighted by Gasteiger charge is -2.31. The van der Waals surface area contributed by atoms with Crippen LogP contribution in [0.5, 0.6) is 0 Å². The quantitative estimate of drug-likeness (QED) is 0.808. The third-order valence-electron chi connectivity index (χ3n) is 4.68. The van der Waals surface area contributed by atoms with Crippen molar-refractivity contribution >= 4 is 17.3 Å². The molecular weight excluding hydrogens is 312 g/mol. The average molecular weight is 338 g/mol. The number of piperidine rings is 1. The molecule has 1 atom stereocenters. The van der Waals surface area contributed by atoms with Gasteiger partial charge in [-0.1, -0.05) is 6.42 Å². The first-order valence-corrected chi connectivity index (χ1v) is 9.51. The van der Waals surface area contributed by atoms with E-state index in [1.807, 2.05) is 11.3 Å². The van der Waals surface area contributed by atoms with Gasteiger partial charge in [-0.15, -0.1) is 11.3 Å². The Bertz CT molecular complexity index is 508. The zero-order chi connectivity index (χ0) is 16.1. The highest BCUT2D eigenvalue weighted by molar-refractivity contribution is 7.11. The minimum Gasteiger partial charge on any atom is -0.480 e. The maximum atomic E-state index is 10.5. The number of aromatic nitrogens is 1. The summed E-state index contributed by atoms with van der Waals surface area (Å²) in [5.74, 6) is -0.442. The van der Waals surface area contributed by atoms with Gasteiger partial charge in [-0.2, -0.15) is 0 Å². The van der Waals surface area contributed by atoms with E-state index in [-0.39, 0.29) is 6.61 Å². The van der Waals surface area contributed by atoms with Crippen molar-refractivity contribution in [2.75, 3.05) is 26.3 Å². The zero-order valence-electron chi connectivity index (χ0n) is 13.6. The van der Waals surface area contributed by atoms with Crippen molar-refractivity contribution in [3.63, 3.8) is 0 Å². The number of carboxylic acid groups (broad SMARTS) is 1. The lowest BCUT2D eigenvalue weighted by atomic mass is 9.99. The number of aliphatic carboxylic acids is 1. The number of hydrogen-bond donors (Lipinski definition) is 1. The highest BCUT2D eigenvalue weighted by atomic mass is 32.1. The molecule has 1 saturated heterocycles.